The third-order valence-electron chi connectivity index (χ3n) is 5.02. The molecule has 25 heavy (non-hydrogen) atoms. The smallest absolute Gasteiger partial charge is 0.248 e. The number of benzene rings is 1. The van der Waals surface area contributed by atoms with Gasteiger partial charge in [0.1, 0.15) is 5.82 Å². The van der Waals surface area contributed by atoms with Crippen LogP contribution in [0.5, 0.6) is 0 Å². The minimum absolute atomic E-state index is 0.372. The number of nitrogens with zero attached hydrogens (tertiary/aromatic N) is 3. The van der Waals surface area contributed by atoms with Crippen molar-refractivity contribution in [3.63, 3.8) is 0 Å². The van der Waals surface area contributed by atoms with Gasteiger partial charge in [0.15, 0.2) is 0 Å². The molecule has 2 aromatic rings. The molecule has 5 nitrogen and oxygen atoms in total. The van der Waals surface area contributed by atoms with Gasteiger partial charge in [-0.2, -0.15) is 0 Å². The van der Waals surface area contributed by atoms with E-state index in [0.29, 0.717) is 11.5 Å². The monoisotopic (exact) mass is 340 g/mol. The lowest BCUT2D eigenvalue weighted by molar-refractivity contribution is 0.100. The normalized spacial score (nSPS) is 18.4. The van der Waals surface area contributed by atoms with Gasteiger partial charge in [-0.1, -0.05) is 25.5 Å². The Hall–Kier alpha value is -2.14. The van der Waals surface area contributed by atoms with E-state index in [2.05, 4.69) is 27.6 Å². The van der Waals surface area contributed by atoms with Crippen LogP contribution < -0.4 is 5.73 Å². The van der Waals surface area contributed by atoms with E-state index in [1.165, 1.54) is 37.1 Å². The van der Waals surface area contributed by atoms with Gasteiger partial charge in [-0.15, -0.1) is 0 Å². The van der Waals surface area contributed by atoms with Crippen molar-refractivity contribution in [3.05, 3.63) is 53.6 Å². The molecule has 0 unspecified atom stereocenters. The first-order valence-corrected chi connectivity index (χ1v) is 9.29. The zero-order valence-corrected chi connectivity index (χ0v) is 15.0. The topological polar surface area (TPSA) is 64.2 Å². The second-order valence-corrected chi connectivity index (χ2v) is 6.97. The van der Waals surface area contributed by atoms with E-state index < -0.39 is 0 Å². The Morgan fingerprint density at radius 2 is 2.12 bits per heavy atom. The summed E-state index contributed by atoms with van der Waals surface area (Å²) in [7, 11) is 0. The van der Waals surface area contributed by atoms with E-state index in [4.69, 9.17) is 5.73 Å². The number of piperidine rings is 1. The largest absolute Gasteiger partial charge is 0.366 e. The SMILES string of the molecule is CCCCn1ccnc1[C@H]1CCCN(Cc2ccc(C(N)=O)cc2)C1. The van der Waals surface area contributed by atoms with E-state index in [0.717, 1.165) is 26.2 Å². The van der Waals surface area contributed by atoms with Gasteiger partial charge < -0.3 is 10.3 Å². The molecule has 1 aromatic heterocycles. The maximum Gasteiger partial charge on any atom is 0.248 e. The Morgan fingerprint density at radius 3 is 2.84 bits per heavy atom. The quantitative estimate of drug-likeness (QED) is 0.842. The van der Waals surface area contributed by atoms with Crippen LogP contribution in [0.3, 0.4) is 0 Å². The van der Waals surface area contributed by atoms with Crippen LogP contribution in [0.25, 0.3) is 0 Å². The highest BCUT2D eigenvalue weighted by Gasteiger charge is 2.24. The number of aromatic nitrogens is 2. The summed E-state index contributed by atoms with van der Waals surface area (Å²) >= 11 is 0. The second-order valence-electron chi connectivity index (χ2n) is 6.97. The predicted octanol–water partition coefficient (Wildman–Crippen LogP) is 3.16. The number of likely N-dealkylation sites (tertiary alicyclic amines) is 1. The molecule has 3 rings (SSSR count). The van der Waals surface area contributed by atoms with Crippen LogP contribution in [0, 0.1) is 0 Å². The van der Waals surface area contributed by atoms with Crippen LogP contribution in [0.2, 0.25) is 0 Å². The number of amides is 1. The molecule has 0 spiro atoms. The van der Waals surface area contributed by atoms with Crippen LogP contribution in [0.4, 0.5) is 0 Å². The molecule has 1 saturated heterocycles. The molecule has 1 fully saturated rings. The van der Waals surface area contributed by atoms with Gasteiger partial charge in [-0.25, -0.2) is 4.98 Å². The van der Waals surface area contributed by atoms with Crippen molar-refractivity contribution >= 4 is 5.91 Å². The summed E-state index contributed by atoms with van der Waals surface area (Å²) in [5.41, 5.74) is 7.10. The molecule has 1 aliphatic rings. The van der Waals surface area contributed by atoms with Crippen molar-refractivity contribution in [2.75, 3.05) is 13.1 Å². The molecule has 0 radical (unpaired) electrons. The third kappa shape index (κ3) is 4.48. The van der Waals surface area contributed by atoms with Crippen LogP contribution in [-0.2, 0) is 13.1 Å². The zero-order valence-electron chi connectivity index (χ0n) is 15.0. The van der Waals surface area contributed by atoms with Gasteiger partial charge in [-0.05, 0) is 43.5 Å². The fraction of sp³-hybridized carbons (Fsp3) is 0.500. The number of primary amides is 1. The fourth-order valence-corrected chi connectivity index (χ4v) is 3.64. The highest BCUT2D eigenvalue weighted by Crippen LogP contribution is 2.27. The van der Waals surface area contributed by atoms with Crippen LogP contribution in [0.1, 0.15) is 60.3 Å². The Labute approximate surface area is 149 Å². The first kappa shape index (κ1) is 17.7. The summed E-state index contributed by atoms with van der Waals surface area (Å²) < 4.78 is 2.33. The minimum Gasteiger partial charge on any atom is -0.366 e. The van der Waals surface area contributed by atoms with E-state index in [1.807, 2.05) is 30.5 Å². The molecule has 1 aromatic carbocycles. The molecule has 1 atom stereocenters. The minimum atomic E-state index is -0.372. The fourth-order valence-electron chi connectivity index (χ4n) is 3.64. The number of hydrogen-bond donors (Lipinski definition) is 1. The Balaban J connectivity index is 1.63. The number of imidazole rings is 1. The van der Waals surface area contributed by atoms with Gasteiger partial charge in [-0.3, -0.25) is 9.69 Å². The number of aryl methyl sites for hydroxylation is 1. The first-order chi connectivity index (χ1) is 12.2. The van der Waals surface area contributed by atoms with Crippen LogP contribution >= 0.6 is 0 Å². The van der Waals surface area contributed by atoms with Crippen molar-refractivity contribution in [1.29, 1.82) is 0 Å². The molecule has 1 aliphatic heterocycles. The standard InChI is InChI=1S/C20H28N4O/c1-2-3-12-24-13-10-22-20(24)18-5-4-11-23(15-18)14-16-6-8-17(9-7-16)19(21)25/h6-10,13,18H,2-5,11-12,14-15H2,1H3,(H2,21,25)/t18-/m0/s1. The maximum absolute atomic E-state index is 11.2. The predicted molar refractivity (Wildman–Crippen MR) is 99.3 cm³/mol. The number of unbranched alkanes of at least 4 members (excludes halogenated alkanes) is 1. The van der Waals surface area contributed by atoms with Crippen LogP contribution in [0.15, 0.2) is 36.7 Å². The maximum atomic E-state index is 11.2. The number of hydrogen-bond acceptors (Lipinski definition) is 3. The molecular formula is C20H28N4O. The van der Waals surface area contributed by atoms with Gasteiger partial charge in [0.25, 0.3) is 0 Å². The molecule has 5 heteroatoms. The van der Waals surface area contributed by atoms with Gasteiger partial charge >= 0.3 is 0 Å². The van der Waals surface area contributed by atoms with Crippen molar-refractivity contribution in [2.24, 2.45) is 5.73 Å². The van der Waals surface area contributed by atoms with E-state index in [-0.39, 0.29) is 5.91 Å². The Morgan fingerprint density at radius 1 is 1.32 bits per heavy atom. The highest BCUT2D eigenvalue weighted by atomic mass is 16.1. The average Bonchev–Trinajstić information content (AvgIpc) is 3.09. The summed E-state index contributed by atoms with van der Waals surface area (Å²) in [5.74, 6) is 1.37. The lowest BCUT2D eigenvalue weighted by Crippen LogP contribution is -2.35. The van der Waals surface area contributed by atoms with Crippen LogP contribution in [-0.4, -0.2) is 33.4 Å². The van der Waals surface area contributed by atoms with E-state index in [9.17, 15) is 4.79 Å². The lowest BCUT2D eigenvalue weighted by Gasteiger charge is -2.32. The van der Waals surface area contributed by atoms with Gasteiger partial charge in [0.05, 0.1) is 0 Å². The average molecular weight is 340 g/mol. The molecule has 134 valence electrons. The molecule has 2 heterocycles. The Bertz CT molecular complexity index is 692. The zero-order chi connectivity index (χ0) is 17.6. The Kier molecular flexibility index (Phi) is 5.87. The summed E-state index contributed by atoms with van der Waals surface area (Å²) in [4.78, 5) is 18.3. The molecule has 0 aliphatic carbocycles. The number of carbonyl (C=O) groups excluding carboxylic acids is 1. The molecule has 0 bridgehead atoms. The third-order valence-corrected chi connectivity index (χ3v) is 5.02. The summed E-state index contributed by atoms with van der Waals surface area (Å²) in [5, 5.41) is 0. The van der Waals surface area contributed by atoms with E-state index >= 15 is 0 Å². The summed E-state index contributed by atoms with van der Waals surface area (Å²) in [6, 6.07) is 7.64. The van der Waals surface area contributed by atoms with Crippen molar-refractivity contribution in [2.45, 2.75) is 51.6 Å². The summed E-state index contributed by atoms with van der Waals surface area (Å²) in [6.07, 6.45) is 8.87. The van der Waals surface area contributed by atoms with Gasteiger partial charge in [0.2, 0.25) is 5.91 Å². The van der Waals surface area contributed by atoms with Crippen molar-refractivity contribution in [1.82, 2.24) is 14.5 Å². The highest BCUT2D eigenvalue weighted by molar-refractivity contribution is 5.92. The lowest BCUT2D eigenvalue weighted by atomic mass is 9.96. The first-order valence-electron chi connectivity index (χ1n) is 9.29. The second kappa shape index (κ2) is 8.30. The summed E-state index contributed by atoms with van der Waals surface area (Å²) in [6.45, 7) is 6.36. The number of nitrogens with two attached hydrogens (primary N) is 1. The number of carbonyl (C=O) groups is 1. The van der Waals surface area contributed by atoms with Crippen molar-refractivity contribution in [3.8, 4) is 0 Å². The van der Waals surface area contributed by atoms with Gasteiger partial charge in [0, 0.05) is 43.5 Å². The number of rotatable bonds is 7. The van der Waals surface area contributed by atoms with Crippen molar-refractivity contribution < 1.29 is 4.79 Å². The van der Waals surface area contributed by atoms with E-state index in [1.54, 1.807) is 0 Å². The molecule has 1 amide bonds. The molecule has 0 saturated carbocycles. The molecule has 2 N–H and O–H groups in total. The molecular weight excluding hydrogens is 312 g/mol.